The Morgan fingerprint density at radius 1 is 1.28 bits per heavy atom. The van der Waals surface area contributed by atoms with E-state index in [9.17, 15) is 4.79 Å². The summed E-state index contributed by atoms with van der Waals surface area (Å²) in [5.41, 5.74) is 1.88. The first-order valence-electron chi connectivity index (χ1n) is 9.11. The molecule has 0 N–H and O–H groups in total. The van der Waals surface area contributed by atoms with E-state index in [2.05, 4.69) is 10.1 Å². The van der Waals surface area contributed by atoms with Gasteiger partial charge in [0.05, 0.1) is 13.7 Å². The van der Waals surface area contributed by atoms with Crippen molar-refractivity contribution in [3.05, 3.63) is 42.2 Å². The highest BCUT2D eigenvalue weighted by atomic mass is 16.5. The average molecular weight is 340 g/mol. The number of methoxy groups -OCH3 is 1. The van der Waals surface area contributed by atoms with E-state index in [1.807, 2.05) is 36.4 Å². The van der Waals surface area contributed by atoms with Crippen molar-refractivity contribution in [2.45, 2.75) is 50.7 Å². The van der Waals surface area contributed by atoms with Gasteiger partial charge >= 0.3 is 5.97 Å². The van der Waals surface area contributed by atoms with Gasteiger partial charge in [-0.05, 0) is 25.2 Å². The molecule has 1 aromatic carbocycles. The van der Waals surface area contributed by atoms with E-state index in [1.54, 1.807) is 0 Å². The zero-order chi connectivity index (χ0) is 17.2. The smallest absolute Gasteiger partial charge is 0.323 e. The highest BCUT2D eigenvalue weighted by Crippen LogP contribution is 2.41. The first-order chi connectivity index (χ1) is 12.3. The quantitative estimate of drug-likeness (QED) is 0.795. The van der Waals surface area contributed by atoms with Crippen LogP contribution in [0.25, 0.3) is 11.3 Å². The SMILES string of the molecule is COC(=O)[C@@H]1C[C@H]2CCCC[C@H]2N1Cc1cc(-c2ccccc2)no1. The lowest BCUT2D eigenvalue weighted by atomic mass is 9.85. The summed E-state index contributed by atoms with van der Waals surface area (Å²) in [6, 6.07) is 12.3. The Labute approximate surface area is 147 Å². The first kappa shape index (κ1) is 16.3. The van der Waals surface area contributed by atoms with Gasteiger partial charge in [0.25, 0.3) is 0 Å². The third-order valence-corrected chi connectivity index (χ3v) is 5.66. The standard InChI is InChI=1S/C20H24N2O3/c1-24-20(23)19-11-15-9-5-6-10-18(15)22(19)13-16-12-17(21-25-16)14-7-3-2-4-8-14/h2-4,7-8,12,15,18-19H,5-6,9-11,13H2,1H3/t15-,18-,19+/m1/s1. The molecule has 2 aromatic rings. The molecule has 0 amide bonds. The van der Waals surface area contributed by atoms with E-state index < -0.39 is 0 Å². The van der Waals surface area contributed by atoms with Crippen molar-refractivity contribution >= 4 is 5.97 Å². The number of esters is 1. The fourth-order valence-electron chi connectivity index (χ4n) is 4.46. The van der Waals surface area contributed by atoms with Crippen molar-refractivity contribution in [1.82, 2.24) is 10.1 Å². The molecule has 3 atom stereocenters. The lowest BCUT2D eigenvalue weighted by Crippen LogP contribution is -2.42. The number of hydrogen-bond donors (Lipinski definition) is 0. The van der Waals surface area contributed by atoms with Crippen molar-refractivity contribution < 1.29 is 14.1 Å². The Morgan fingerprint density at radius 3 is 2.88 bits per heavy atom. The molecule has 0 radical (unpaired) electrons. The van der Waals surface area contributed by atoms with Gasteiger partial charge in [0.15, 0.2) is 5.76 Å². The van der Waals surface area contributed by atoms with Crippen LogP contribution in [0.2, 0.25) is 0 Å². The second-order valence-corrected chi connectivity index (χ2v) is 7.10. The molecule has 132 valence electrons. The van der Waals surface area contributed by atoms with E-state index in [0.29, 0.717) is 18.5 Å². The topological polar surface area (TPSA) is 55.6 Å². The Morgan fingerprint density at radius 2 is 2.08 bits per heavy atom. The van der Waals surface area contributed by atoms with Crippen LogP contribution in [0.5, 0.6) is 0 Å². The van der Waals surface area contributed by atoms with Crippen LogP contribution < -0.4 is 0 Å². The Bertz CT molecular complexity index is 728. The van der Waals surface area contributed by atoms with Crippen LogP contribution in [-0.4, -0.2) is 35.2 Å². The average Bonchev–Trinajstić information content (AvgIpc) is 3.27. The summed E-state index contributed by atoms with van der Waals surface area (Å²) in [6.45, 7) is 0.612. The number of nitrogens with zero attached hydrogens (tertiary/aromatic N) is 2. The second kappa shape index (κ2) is 7.00. The van der Waals surface area contributed by atoms with Gasteiger partial charge < -0.3 is 9.26 Å². The fourth-order valence-corrected chi connectivity index (χ4v) is 4.46. The van der Waals surface area contributed by atoms with Gasteiger partial charge in [0.1, 0.15) is 11.7 Å². The van der Waals surface area contributed by atoms with Crippen LogP contribution in [0.15, 0.2) is 40.9 Å². The van der Waals surface area contributed by atoms with Crippen LogP contribution in [0.4, 0.5) is 0 Å². The minimum atomic E-state index is -0.164. The molecular weight excluding hydrogens is 316 g/mol. The van der Waals surface area contributed by atoms with Gasteiger partial charge in [-0.3, -0.25) is 9.69 Å². The van der Waals surface area contributed by atoms with E-state index in [0.717, 1.165) is 29.9 Å². The normalized spacial score (nSPS) is 26.4. The molecule has 4 rings (SSSR count). The lowest BCUT2D eigenvalue weighted by molar-refractivity contribution is -0.146. The number of aromatic nitrogens is 1. The molecule has 1 aliphatic heterocycles. The summed E-state index contributed by atoms with van der Waals surface area (Å²) in [6.07, 6.45) is 5.76. The summed E-state index contributed by atoms with van der Waals surface area (Å²) in [5, 5.41) is 4.20. The monoisotopic (exact) mass is 340 g/mol. The van der Waals surface area contributed by atoms with E-state index in [4.69, 9.17) is 9.26 Å². The molecule has 1 saturated heterocycles. The molecule has 0 bridgehead atoms. The van der Waals surface area contributed by atoms with Gasteiger partial charge in [-0.1, -0.05) is 48.3 Å². The van der Waals surface area contributed by atoms with Gasteiger partial charge in [0.2, 0.25) is 0 Å². The highest BCUT2D eigenvalue weighted by molar-refractivity contribution is 5.76. The highest BCUT2D eigenvalue weighted by Gasteiger charge is 2.45. The van der Waals surface area contributed by atoms with Crippen LogP contribution in [0, 0.1) is 5.92 Å². The van der Waals surface area contributed by atoms with Crippen molar-refractivity contribution in [2.75, 3.05) is 7.11 Å². The minimum absolute atomic E-state index is 0.128. The maximum absolute atomic E-state index is 12.3. The van der Waals surface area contributed by atoms with Crippen LogP contribution in [-0.2, 0) is 16.1 Å². The summed E-state index contributed by atoms with van der Waals surface area (Å²) in [5.74, 6) is 1.27. The second-order valence-electron chi connectivity index (χ2n) is 7.10. The molecule has 1 aliphatic carbocycles. The van der Waals surface area contributed by atoms with Crippen molar-refractivity contribution in [3.8, 4) is 11.3 Å². The number of hydrogen-bond acceptors (Lipinski definition) is 5. The predicted molar refractivity (Wildman–Crippen MR) is 93.6 cm³/mol. The van der Waals surface area contributed by atoms with Crippen LogP contribution >= 0.6 is 0 Å². The molecular formula is C20H24N2O3. The largest absolute Gasteiger partial charge is 0.468 e. The fraction of sp³-hybridized carbons (Fsp3) is 0.500. The van der Waals surface area contributed by atoms with Crippen LogP contribution in [0.1, 0.15) is 37.9 Å². The predicted octanol–water partition coefficient (Wildman–Crippen LogP) is 3.65. The van der Waals surface area contributed by atoms with E-state index >= 15 is 0 Å². The number of ether oxygens (including phenoxy) is 1. The zero-order valence-electron chi connectivity index (χ0n) is 14.6. The lowest BCUT2D eigenvalue weighted by Gasteiger charge is -2.32. The molecule has 1 saturated carbocycles. The number of carbonyl (C=O) groups excluding carboxylic acids is 1. The Hall–Kier alpha value is -2.14. The maximum Gasteiger partial charge on any atom is 0.323 e. The number of rotatable bonds is 4. The van der Waals surface area contributed by atoms with Crippen LogP contribution in [0.3, 0.4) is 0 Å². The van der Waals surface area contributed by atoms with Crippen molar-refractivity contribution in [3.63, 3.8) is 0 Å². The van der Waals surface area contributed by atoms with Gasteiger partial charge in [-0.2, -0.15) is 0 Å². The maximum atomic E-state index is 12.3. The van der Waals surface area contributed by atoms with E-state index in [1.165, 1.54) is 26.4 Å². The molecule has 5 nitrogen and oxygen atoms in total. The number of fused-ring (bicyclic) bond motifs is 1. The number of benzene rings is 1. The Balaban J connectivity index is 1.55. The third kappa shape index (κ3) is 3.21. The molecule has 2 aliphatic rings. The molecule has 5 heteroatoms. The summed E-state index contributed by atoms with van der Waals surface area (Å²) < 4.78 is 10.6. The van der Waals surface area contributed by atoms with Gasteiger partial charge in [-0.15, -0.1) is 0 Å². The summed E-state index contributed by atoms with van der Waals surface area (Å²) in [4.78, 5) is 14.6. The molecule has 2 heterocycles. The molecule has 0 spiro atoms. The molecule has 0 unspecified atom stereocenters. The van der Waals surface area contributed by atoms with Gasteiger partial charge in [0, 0.05) is 17.7 Å². The minimum Gasteiger partial charge on any atom is -0.468 e. The first-order valence-corrected chi connectivity index (χ1v) is 9.11. The zero-order valence-corrected chi connectivity index (χ0v) is 14.6. The third-order valence-electron chi connectivity index (χ3n) is 5.66. The van der Waals surface area contributed by atoms with Crippen molar-refractivity contribution in [2.24, 2.45) is 5.92 Å². The van der Waals surface area contributed by atoms with E-state index in [-0.39, 0.29) is 12.0 Å². The summed E-state index contributed by atoms with van der Waals surface area (Å²) >= 11 is 0. The number of carbonyl (C=O) groups is 1. The molecule has 1 aromatic heterocycles. The van der Waals surface area contributed by atoms with Gasteiger partial charge in [-0.25, -0.2) is 0 Å². The number of likely N-dealkylation sites (tertiary alicyclic amines) is 1. The Kier molecular flexibility index (Phi) is 4.57. The van der Waals surface area contributed by atoms with Crippen molar-refractivity contribution in [1.29, 1.82) is 0 Å². The summed E-state index contributed by atoms with van der Waals surface area (Å²) in [7, 11) is 1.48. The molecule has 2 fully saturated rings. The molecule has 25 heavy (non-hydrogen) atoms.